The molecule has 28 heavy (non-hydrogen) atoms. The van der Waals surface area contributed by atoms with Crippen LogP contribution in [0.5, 0.6) is 0 Å². The van der Waals surface area contributed by atoms with Crippen LogP contribution in [-0.4, -0.2) is 20.4 Å². The molecule has 3 aromatic rings. The Balaban J connectivity index is 1.86. The second-order valence-electron chi connectivity index (χ2n) is 6.14. The lowest BCUT2D eigenvalue weighted by molar-refractivity contribution is -0.111. The summed E-state index contributed by atoms with van der Waals surface area (Å²) in [6, 6.07) is 7.85. The van der Waals surface area contributed by atoms with E-state index in [2.05, 4.69) is 10.1 Å². The van der Waals surface area contributed by atoms with Gasteiger partial charge in [-0.1, -0.05) is 58.3 Å². The fourth-order valence-electron chi connectivity index (χ4n) is 2.74. The Hall–Kier alpha value is -2.74. The van der Waals surface area contributed by atoms with E-state index in [0.717, 1.165) is 11.1 Å². The Bertz CT molecular complexity index is 1280. The number of carbonyl (C=O) groups excluding carboxylic acids is 1. The van der Waals surface area contributed by atoms with Crippen LogP contribution in [0.4, 0.5) is 5.82 Å². The van der Waals surface area contributed by atoms with E-state index in [1.54, 1.807) is 0 Å². The van der Waals surface area contributed by atoms with Crippen molar-refractivity contribution in [3.05, 3.63) is 73.5 Å². The predicted octanol–water partition coefficient (Wildman–Crippen LogP) is 3.92. The van der Waals surface area contributed by atoms with Crippen molar-refractivity contribution in [1.29, 1.82) is 0 Å². The number of benzene rings is 1. The molecule has 1 aliphatic rings. The summed E-state index contributed by atoms with van der Waals surface area (Å²) < 4.78 is 1.43. The van der Waals surface area contributed by atoms with Crippen LogP contribution in [0.3, 0.4) is 0 Å². The molecular weight excluding hydrogens is 419 g/mol. The molecular formula is C19H12Cl2N4O2S. The van der Waals surface area contributed by atoms with E-state index in [4.69, 9.17) is 28.9 Å². The van der Waals surface area contributed by atoms with Crippen LogP contribution in [0.1, 0.15) is 11.1 Å². The van der Waals surface area contributed by atoms with Gasteiger partial charge in [-0.3, -0.25) is 9.59 Å². The number of fused-ring (bicyclic) bond motifs is 1. The summed E-state index contributed by atoms with van der Waals surface area (Å²) in [5, 5.41) is 5.12. The molecule has 1 aliphatic carbocycles. The van der Waals surface area contributed by atoms with Gasteiger partial charge in [-0.2, -0.15) is 14.6 Å². The lowest BCUT2D eigenvalue weighted by Crippen LogP contribution is -2.17. The van der Waals surface area contributed by atoms with Gasteiger partial charge >= 0.3 is 0 Å². The average Bonchev–Trinajstić information content (AvgIpc) is 3.07. The number of anilines is 1. The number of hydrogen-bond acceptors (Lipinski definition) is 6. The van der Waals surface area contributed by atoms with Crippen molar-refractivity contribution in [3.63, 3.8) is 0 Å². The summed E-state index contributed by atoms with van der Waals surface area (Å²) in [7, 11) is 0. The fourth-order valence-corrected chi connectivity index (χ4v) is 4.14. The van der Waals surface area contributed by atoms with Crippen molar-refractivity contribution in [2.45, 2.75) is 6.92 Å². The van der Waals surface area contributed by atoms with Gasteiger partial charge in [0, 0.05) is 5.56 Å². The van der Waals surface area contributed by atoms with Crippen LogP contribution in [0.25, 0.3) is 21.6 Å². The molecule has 0 amide bonds. The van der Waals surface area contributed by atoms with E-state index >= 15 is 0 Å². The summed E-state index contributed by atoms with van der Waals surface area (Å²) in [5.41, 5.74) is 8.32. The van der Waals surface area contributed by atoms with Crippen LogP contribution >= 0.6 is 34.5 Å². The van der Waals surface area contributed by atoms with Crippen LogP contribution in [0.15, 0.2) is 56.8 Å². The summed E-state index contributed by atoms with van der Waals surface area (Å²) in [4.78, 5) is 28.6. The third-order valence-corrected chi connectivity index (χ3v) is 5.61. The van der Waals surface area contributed by atoms with Crippen molar-refractivity contribution >= 4 is 57.2 Å². The number of Topliss-reactive ketones (excluding diaryl/α,β-unsaturated/α-hetero) is 1. The highest BCUT2D eigenvalue weighted by atomic mass is 35.5. The van der Waals surface area contributed by atoms with Gasteiger partial charge in [0.1, 0.15) is 10.8 Å². The van der Waals surface area contributed by atoms with Gasteiger partial charge < -0.3 is 5.73 Å². The number of aromatic nitrogens is 3. The Kier molecular flexibility index (Phi) is 4.66. The van der Waals surface area contributed by atoms with E-state index in [1.807, 2.05) is 31.2 Å². The molecule has 6 nitrogen and oxygen atoms in total. The van der Waals surface area contributed by atoms with Gasteiger partial charge in [0.2, 0.25) is 10.7 Å². The maximum atomic E-state index is 12.5. The predicted molar refractivity (Wildman–Crippen MR) is 113 cm³/mol. The molecule has 4 rings (SSSR count). The number of nitrogen functional groups attached to an aromatic ring is 1. The first-order chi connectivity index (χ1) is 13.3. The second-order valence-corrected chi connectivity index (χ2v) is 7.92. The largest absolute Gasteiger partial charge is 0.383 e. The number of carbonyl (C=O) groups is 1. The van der Waals surface area contributed by atoms with Crippen molar-refractivity contribution in [2.24, 2.45) is 0 Å². The minimum Gasteiger partial charge on any atom is -0.383 e. The number of hydrogen-bond donors (Lipinski definition) is 1. The van der Waals surface area contributed by atoms with Gasteiger partial charge in [0.05, 0.1) is 15.6 Å². The molecule has 0 bridgehead atoms. The molecule has 2 aromatic heterocycles. The highest BCUT2D eigenvalue weighted by Crippen LogP contribution is 2.28. The van der Waals surface area contributed by atoms with E-state index in [9.17, 15) is 9.59 Å². The van der Waals surface area contributed by atoms with Crippen LogP contribution in [0.2, 0.25) is 0 Å². The molecule has 9 heteroatoms. The molecule has 0 saturated heterocycles. The Labute approximate surface area is 173 Å². The maximum absolute atomic E-state index is 12.5. The van der Waals surface area contributed by atoms with Crippen molar-refractivity contribution in [2.75, 3.05) is 5.73 Å². The zero-order valence-electron chi connectivity index (χ0n) is 14.4. The first kappa shape index (κ1) is 18.6. The number of aryl methyl sites for hydroxylation is 1. The highest BCUT2D eigenvalue weighted by Gasteiger charge is 2.19. The van der Waals surface area contributed by atoms with Gasteiger partial charge in [0.15, 0.2) is 0 Å². The first-order valence-corrected chi connectivity index (χ1v) is 9.68. The number of rotatable bonds is 2. The van der Waals surface area contributed by atoms with E-state index in [1.165, 1.54) is 34.1 Å². The molecule has 0 saturated carbocycles. The monoisotopic (exact) mass is 430 g/mol. The standard InChI is InChI=1S/C19H12Cl2N4O2S/c1-9-3-2-4-11(5-9)18-24-25-16(22)12(17(27)23-19(25)28-18)6-10-7-13(20)15(26)14(21)8-10/h2-8H,22H2,1H3. The van der Waals surface area contributed by atoms with Crippen molar-refractivity contribution < 1.29 is 4.79 Å². The molecule has 2 heterocycles. The Morgan fingerprint density at radius 1 is 1.18 bits per heavy atom. The number of nitrogens with two attached hydrogens (primary N) is 1. The van der Waals surface area contributed by atoms with Gasteiger partial charge in [-0.25, -0.2) is 0 Å². The third-order valence-electron chi connectivity index (χ3n) is 4.09. The summed E-state index contributed by atoms with van der Waals surface area (Å²) >= 11 is 13.0. The topological polar surface area (TPSA) is 90.4 Å². The maximum Gasteiger partial charge on any atom is 0.283 e. The van der Waals surface area contributed by atoms with Crippen LogP contribution in [0, 0.1) is 6.92 Å². The van der Waals surface area contributed by atoms with Gasteiger partial charge in [0.25, 0.3) is 5.56 Å². The molecule has 0 atom stereocenters. The quantitative estimate of drug-likeness (QED) is 0.664. The fraction of sp³-hybridized carbons (Fsp3) is 0.0526. The Morgan fingerprint density at radius 3 is 2.57 bits per heavy atom. The van der Waals surface area contributed by atoms with Crippen LogP contribution in [-0.2, 0) is 4.79 Å². The molecule has 140 valence electrons. The normalized spacial score (nSPS) is 14.2. The minimum atomic E-state index is -0.504. The molecule has 2 N–H and O–H groups in total. The zero-order chi connectivity index (χ0) is 20.0. The average molecular weight is 431 g/mol. The molecule has 0 aliphatic heterocycles. The third kappa shape index (κ3) is 3.28. The SMILES string of the molecule is Cc1cccc(-c2nn3c(N)c(C=C4C=C(Cl)C(=O)C(Cl)=C4)c(=O)nc3s2)c1. The Morgan fingerprint density at radius 2 is 1.89 bits per heavy atom. The van der Waals surface area contributed by atoms with Gasteiger partial charge in [-0.05, 0) is 36.8 Å². The second kappa shape index (κ2) is 7.01. The number of allylic oxidation sites excluding steroid dienone is 5. The molecule has 0 fully saturated rings. The smallest absolute Gasteiger partial charge is 0.283 e. The van der Waals surface area contributed by atoms with Gasteiger partial charge in [-0.15, -0.1) is 0 Å². The lowest BCUT2D eigenvalue weighted by atomic mass is 10.1. The lowest BCUT2D eigenvalue weighted by Gasteiger charge is -2.07. The van der Waals surface area contributed by atoms with E-state index < -0.39 is 11.3 Å². The number of halogens is 2. The van der Waals surface area contributed by atoms with E-state index in [0.29, 0.717) is 15.5 Å². The minimum absolute atomic E-state index is 0.0400. The molecule has 1 aromatic carbocycles. The first-order valence-electron chi connectivity index (χ1n) is 8.10. The summed E-state index contributed by atoms with van der Waals surface area (Å²) in [6.07, 6.45) is 4.32. The summed E-state index contributed by atoms with van der Waals surface area (Å²) in [5.74, 6) is -0.329. The molecule has 0 unspecified atom stereocenters. The zero-order valence-corrected chi connectivity index (χ0v) is 16.8. The highest BCUT2D eigenvalue weighted by molar-refractivity contribution is 7.19. The molecule has 0 spiro atoms. The number of ketones is 1. The number of nitrogens with zero attached hydrogens (tertiary/aromatic N) is 3. The molecule has 0 radical (unpaired) electrons. The van der Waals surface area contributed by atoms with E-state index in [-0.39, 0.29) is 21.4 Å². The van der Waals surface area contributed by atoms with Crippen molar-refractivity contribution in [3.8, 4) is 10.6 Å². The summed E-state index contributed by atoms with van der Waals surface area (Å²) in [6.45, 7) is 1.99. The van der Waals surface area contributed by atoms with Crippen molar-refractivity contribution in [1.82, 2.24) is 14.6 Å². The van der Waals surface area contributed by atoms with Crippen LogP contribution < -0.4 is 11.3 Å².